The smallest absolute Gasteiger partial charge is 0.340 e. The van der Waals surface area contributed by atoms with Crippen LogP contribution in [0, 0.1) is 0 Å². The quantitative estimate of drug-likeness (QED) is 0.867. The molecule has 0 aromatic heterocycles. The van der Waals surface area contributed by atoms with Gasteiger partial charge in [-0.3, -0.25) is 4.79 Å². The van der Waals surface area contributed by atoms with Gasteiger partial charge in [0.15, 0.2) is 6.10 Å². The summed E-state index contributed by atoms with van der Waals surface area (Å²) in [5, 5.41) is 2.93. The van der Waals surface area contributed by atoms with Gasteiger partial charge in [-0.1, -0.05) is 29.3 Å². The second-order valence-corrected chi connectivity index (χ2v) is 4.33. The van der Waals surface area contributed by atoms with E-state index in [1.165, 1.54) is 13.0 Å². The Morgan fingerprint density at radius 1 is 1.39 bits per heavy atom. The van der Waals surface area contributed by atoms with Gasteiger partial charge in [-0.2, -0.15) is 0 Å². The Labute approximate surface area is 115 Å². The first-order valence-electron chi connectivity index (χ1n) is 5.40. The molecular formula is C12H13Cl2NO3. The van der Waals surface area contributed by atoms with Gasteiger partial charge >= 0.3 is 5.97 Å². The summed E-state index contributed by atoms with van der Waals surface area (Å²) < 4.78 is 4.99. The number of hydrogen-bond donors (Lipinski definition) is 1. The second kappa shape index (κ2) is 6.61. The lowest BCUT2D eigenvalue weighted by atomic mass is 10.2. The summed E-state index contributed by atoms with van der Waals surface area (Å²) >= 11 is 11.7. The largest absolute Gasteiger partial charge is 0.449 e. The molecule has 0 saturated heterocycles. The maximum atomic E-state index is 11.8. The Kier molecular flexibility index (Phi) is 5.44. The molecule has 6 heteroatoms. The van der Waals surface area contributed by atoms with Crippen molar-refractivity contribution in [2.45, 2.75) is 20.0 Å². The Hall–Kier alpha value is -1.26. The van der Waals surface area contributed by atoms with E-state index in [0.29, 0.717) is 6.54 Å². The van der Waals surface area contributed by atoms with Crippen molar-refractivity contribution in [2.24, 2.45) is 0 Å². The SMILES string of the molecule is CCNC(=O)[C@@H](C)OC(=O)c1cccc(Cl)c1Cl. The summed E-state index contributed by atoms with van der Waals surface area (Å²) in [6.45, 7) is 3.74. The van der Waals surface area contributed by atoms with Gasteiger partial charge in [-0.05, 0) is 26.0 Å². The predicted octanol–water partition coefficient (Wildman–Crippen LogP) is 2.67. The Morgan fingerprint density at radius 2 is 2.06 bits per heavy atom. The highest BCUT2D eigenvalue weighted by molar-refractivity contribution is 6.43. The predicted molar refractivity (Wildman–Crippen MR) is 70.0 cm³/mol. The Balaban J connectivity index is 2.77. The normalized spacial score (nSPS) is 11.8. The maximum Gasteiger partial charge on any atom is 0.340 e. The van der Waals surface area contributed by atoms with Crippen LogP contribution >= 0.6 is 23.2 Å². The zero-order chi connectivity index (χ0) is 13.7. The van der Waals surface area contributed by atoms with Gasteiger partial charge in [0, 0.05) is 6.54 Å². The Bertz CT molecular complexity index is 463. The molecule has 0 radical (unpaired) electrons. The maximum absolute atomic E-state index is 11.8. The minimum absolute atomic E-state index is 0.118. The number of nitrogens with one attached hydrogen (secondary N) is 1. The van der Waals surface area contributed by atoms with Crippen molar-refractivity contribution in [1.29, 1.82) is 0 Å². The van der Waals surface area contributed by atoms with Crippen LogP contribution in [0.25, 0.3) is 0 Å². The first kappa shape index (κ1) is 14.8. The number of rotatable bonds is 4. The number of esters is 1. The molecule has 1 aromatic rings. The van der Waals surface area contributed by atoms with Crippen molar-refractivity contribution >= 4 is 35.1 Å². The molecule has 0 saturated carbocycles. The molecule has 1 atom stereocenters. The van der Waals surface area contributed by atoms with Crippen molar-refractivity contribution < 1.29 is 14.3 Å². The lowest BCUT2D eigenvalue weighted by molar-refractivity contribution is -0.128. The monoisotopic (exact) mass is 289 g/mol. The zero-order valence-electron chi connectivity index (χ0n) is 10.00. The van der Waals surface area contributed by atoms with E-state index in [4.69, 9.17) is 27.9 Å². The minimum atomic E-state index is -0.882. The summed E-state index contributed by atoms with van der Waals surface area (Å²) in [6, 6.07) is 4.64. The first-order valence-corrected chi connectivity index (χ1v) is 6.15. The molecule has 0 spiro atoms. The van der Waals surface area contributed by atoms with Crippen LogP contribution in [0.4, 0.5) is 0 Å². The van der Waals surface area contributed by atoms with Crippen LogP contribution in [-0.2, 0) is 9.53 Å². The Morgan fingerprint density at radius 3 is 2.67 bits per heavy atom. The molecule has 0 bridgehead atoms. The van der Waals surface area contributed by atoms with Gasteiger partial charge in [0.1, 0.15) is 0 Å². The summed E-state index contributed by atoms with van der Waals surface area (Å²) in [5.41, 5.74) is 0.139. The van der Waals surface area contributed by atoms with E-state index in [1.807, 2.05) is 0 Å². The van der Waals surface area contributed by atoms with Gasteiger partial charge < -0.3 is 10.1 Å². The number of amides is 1. The fraction of sp³-hybridized carbons (Fsp3) is 0.333. The van der Waals surface area contributed by atoms with E-state index < -0.39 is 12.1 Å². The number of likely N-dealkylation sites (N-methyl/N-ethyl adjacent to an activating group) is 1. The second-order valence-electron chi connectivity index (χ2n) is 3.54. The summed E-state index contributed by atoms with van der Waals surface area (Å²) in [5.74, 6) is -1.04. The third-order valence-electron chi connectivity index (χ3n) is 2.18. The van der Waals surface area contributed by atoms with E-state index in [1.54, 1.807) is 19.1 Å². The third kappa shape index (κ3) is 3.62. The molecule has 0 fully saturated rings. The molecule has 0 unspecified atom stereocenters. The molecule has 1 aromatic carbocycles. The number of carbonyl (C=O) groups is 2. The molecule has 0 heterocycles. The lowest BCUT2D eigenvalue weighted by Crippen LogP contribution is -2.35. The van der Waals surface area contributed by atoms with Gasteiger partial charge in [0.25, 0.3) is 5.91 Å². The van der Waals surface area contributed by atoms with Crippen LogP contribution in [0.1, 0.15) is 24.2 Å². The van der Waals surface area contributed by atoms with Crippen molar-refractivity contribution in [3.05, 3.63) is 33.8 Å². The van der Waals surface area contributed by atoms with Crippen molar-refractivity contribution in [3.63, 3.8) is 0 Å². The fourth-order valence-corrected chi connectivity index (χ4v) is 1.63. The average Bonchev–Trinajstić information content (AvgIpc) is 2.32. The van der Waals surface area contributed by atoms with Gasteiger partial charge in [-0.15, -0.1) is 0 Å². The molecule has 1 N–H and O–H groups in total. The van der Waals surface area contributed by atoms with Crippen molar-refractivity contribution in [2.75, 3.05) is 6.54 Å². The molecule has 1 rings (SSSR count). The highest BCUT2D eigenvalue weighted by Crippen LogP contribution is 2.26. The van der Waals surface area contributed by atoms with E-state index >= 15 is 0 Å². The standard InChI is InChI=1S/C12H13Cl2NO3/c1-3-15-11(16)7(2)18-12(17)8-5-4-6-9(13)10(8)14/h4-7H,3H2,1-2H3,(H,15,16)/t7-/m1/s1. The minimum Gasteiger partial charge on any atom is -0.449 e. The third-order valence-corrected chi connectivity index (χ3v) is 2.99. The molecular weight excluding hydrogens is 277 g/mol. The molecule has 1 amide bonds. The number of halogens is 2. The number of benzene rings is 1. The van der Waals surface area contributed by atoms with Crippen LogP contribution in [0.3, 0.4) is 0 Å². The molecule has 0 aliphatic heterocycles. The van der Waals surface area contributed by atoms with E-state index in [0.717, 1.165) is 0 Å². The average molecular weight is 290 g/mol. The van der Waals surface area contributed by atoms with Gasteiger partial charge in [0.2, 0.25) is 0 Å². The highest BCUT2D eigenvalue weighted by atomic mass is 35.5. The van der Waals surface area contributed by atoms with Crippen LogP contribution in [0.2, 0.25) is 10.0 Å². The molecule has 98 valence electrons. The summed E-state index contributed by atoms with van der Waals surface area (Å²) in [4.78, 5) is 23.2. The van der Waals surface area contributed by atoms with Gasteiger partial charge in [0.05, 0.1) is 15.6 Å². The van der Waals surface area contributed by atoms with Crippen LogP contribution in [0.5, 0.6) is 0 Å². The van der Waals surface area contributed by atoms with Gasteiger partial charge in [-0.25, -0.2) is 4.79 Å². The summed E-state index contributed by atoms with van der Waals surface area (Å²) in [7, 11) is 0. The molecule has 18 heavy (non-hydrogen) atoms. The highest BCUT2D eigenvalue weighted by Gasteiger charge is 2.20. The summed E-state index contributed by atoms with van der Waals surface area (Å²) in [6.07, 6.45) is -0.882. The van der Waals surface area contributed by atoms with Crippen molar-refractivity contribution in [3.8, 4) is 0 Å². The molecule has 0 aliphatic carbocycles. The van der Waals surface area contributed by atoms with E-state index in [9.17, 15) is 9.59 Å². The molecule has 0 aliphatic rings. The van der Waals surface area contributed by atoms with Crippen LogP contribution in [0.15, 0.2) is 18.2 Å². The fourth-order valence-electron chi connectivity index (χ4n) is 1.26. The topological polar surface area (TPSA) is 55.4 Å². The molecule has 4 nitrogen and oxygen atoms in total. The number of hydrogen-bond acceptors (Lipinski definition) is 3. The lowest BCUT2D eigenvalue weighted by Gasteiger charge is -2.13. The first-order chi connectivity index (χ1) is 8.47. The number of ether oxygens (including phenoxy) is 1. The van der Waals surface area contributed by atoms with E-state index in [2.05, 4.69) is 5.32 Å². The number of carbonyl (C=O) groups excluding carboxylic acids is 2. The van der Waals surface area contributed by atoms with Crippen LogP contribution in [-0.4, -0.2) is 24.5 Å². The van der Waals surface area contributed by atoms with E-state index in [-0.39, 0.29) is 21.5 Å². The zero-order valence-corrected chi connectivity index (χ0v) is 11.5. The van der Waals surface area contributed by atoms with Crippen molar-refractivity contribution in [1.82, 2.24) is 5.32 Å². The van der Waals surface area contributed by atoms with Crippen LogP contribution < -0.4 is 5.32 Å².